The lowest BCUT2D eigenvalue weighted by Gasteiger charge is -2.26. The van der Waals surface area contributed by atoms with Gasteiger partial charge in [0, 0.05) is 6.20 Å². The summed E-state index contributed by atoms with van der Waals surface area (Å²) in [5, 5.41) is 0. The summed E-state index contributed by atoms with van der Waals surface area (Å²) in [7, 11) is 1.10. The first-order valence-electron chi connectivity index (χ1n) is 18.0. The average Bonchev–Trinajstić information content (AvgIpc) is 3.42. The van der Waals surface area contributed by atoms with E-state index in [2.05, 4.69) is 64.7 Å². The number of nitrogens with zero attached hydrogens (tertiary/aromatic N) is 1. The predicted molar refractivity (Wildman–Crippen MR) is 188 cm³/mol. The van der Waals surface area contributed by atoms with Gasteiger partial charge in [0.1, 0.15) is 0 Å². The Morgan fingerprint density at radius 1 is 0.727 bits per heavy atom. The maximum atomic E-state index is 6.42. The number of rotatable bonds is 24. The molecule has 6 heteroatoms. The minimum atomic E-state index is -0.125. The van der Waals surface area contributed by atoms with E-state index in [0.29, 0.717) is 42.2 Å². The molecule has 2 aromatic rings. The molecule has 244 valence electrons. The van der Waals surface area contributed by atoms with E-state index in [1.165, 1.54) is 89.0 Å². The molecule has 3 rings (SSSR count). The standard InChI is InChI=1S/C38H61NO3Si2/c1-7-9-13-18-29(3)19-14-11-12-15-21-31(5)43-38-40-35-26-24-33(28-36(35)41-38)34(30(4)20-10-8-2)25-23-32(6)44-42-37-22-16-17-27-39-37/h16-17,22,24,26-32,34,38H,7-15,18-21,23,25H2,1-6H3. The van der Waals surface area contributed by atoms with E-state index >= 15 is 0 Å². The molecule has 0 aliphatic carbocycles. The van der Waals surface area contributed by atoms with Crippen LogP contribution in [0.25, 0.3) is 0 Å². The highest BCUT2D eigenvalue weighted by molar-refractivity contribution is 6.38. The summed E-state index contributed by atoms with van der Waals surface area (Å²) in [5.41, 5.74) is 2.53. The molecule has 0 fully saturated rings. The predicted octanol–water partition coefficient (Wildman–Crippen LogP) is 11.4. The SMILES string of the molecule is CCCCCC(C)CCCCCCC(C)[Si]C1Oc2ccc(C(CCC(C)[Si]Oc3ccccn3)C(C)CCCC)cc2O1. The summed E-state index contributed by atoms with van der Waals surface area (Å²) in [6, 6.07) is 12.6. The van der Waals surface area contributed by atoms with Crippen LogP contribution in [0.5, 0.6) is 17.4 Å². The van der Waals surface area contributed by atoms with Crippen LogP contribution >= 0.6 is 0 Å². The van der Waals surface area contributed by atoms with Crippen LogP contribution in [0.15, 0.2) is 42.6 Å². The molecular formula is C38H61NO3Si2. The maximum absolute atomic E-state index is 6.42. The molecule has 1 aliphatic heterocycles. The van der Waals surface area contributed by atoms with Gasteiger partial charge in [0.05, 0.1) is 0 Å². The molecule has 4 radical (unpaired) electrons. The molecule has 6 unspecified atom stereocenters. The first-order valence-corrected chi connectivity index (χ1v) is 20.1. The Kier molecular flexibility index (Phi) is 17.6. The highest BCUT2D eigenvalue weighted by atomic mass is 28.2. The second kappa shape index (κ2) is 21.1. The van der Waals surface area contributed by atoms with Crippen molar-refractivity contribution >= 4 is 19.3 Å². The largest absolute Gasteiger partial charge is 0.528 e. The van der Waals surface area contributed by atoms with Gasteiger partial charge in [-0.3, -0.25) is 0 Å². The normalized spacial score (nSPS) is 17.6. The molecule has 0 bridgehead atoms. The third-order valence-electron chi connectivity index (χ3n) is 9.28. The lowest BCUT2D eigenvalue weighted by Crippen LogP contribution is -2.28. The van der Waals surface area contributed by atoms with Gasteiger partial charge in [-0.2, -0.15) is 0 Å². The lowest BCUT2D eigenvalue weighted by atomic mass is 9.81. The van der Waals surface area contributed by atoms with Crippen molar-refractivity contribution in [1.29, 1.82) is 0 Å². The molecule has 0 N–H and O–H groups in total. The van der Waals surface area contributed by atoms with Crippen molar-refractivity contribution < 1.29 is 13.9 Å². The van der Waals surface area contributed by atoms with Gasteiger partial charge in [0.15, 0.2) is 26.9 Å². The molecule has 0 spiro atoms. The average molecular weight is 636 g/mol. The Balaban J connectivity index is 1.43. The van der Waals surface area contributed by atoms with E-state index in [0.717, 1.165) is 36.1 Å². The van der Waals surface area contributed by atoms with Crippen LogP contribution in [0, 0.1) is 11.8 Å². The van der Waals surface area contributed by atoms with E-state index in [1.54, 1.807) is 6.20 Å². The zero-order valence-corrected chi connectivity index (χ0v) is 30.8. The van der Waals surface area contributed by atoms with Crippen LogP contribution < -0.4 is 13.9 Å². The molecule has 6 atom stereocenters. The van der Waals surface area contributed by atoms with Crippen molar-refractivity contribution in [3.05, 3.63) is 48.2 Å². The van der Waals surface area contributed by atoms with Crippen molar-refractivity contribution in [2.45, 2.75) is 161 Å². The van der Waals surface area contributed by atoms with Crippen LogP contribution in [0.3, 0.4) is 0 Å². The first-order chi connectivity index (χ1) is 21.4. The van der Waals surface area contributed by atoms with E-state index in [1.807, 2.05) is 18.2 Å². The zero-order valence-electron chi connectivity index (χ0n) is 28.8. The van der Waals surface area contributed by atoms with Crippen LogP contribution in [-0.2, 0) is 0 Å². The Bertz CT molecular complexity index is 1020. The van der Waals surface area contributed by atoms with Crippen LogP contribution in [0.2, 0.25) is 11.1 Å². The summed E-state index contributed by atoms with van der Waals surface area (Å²) in [6.07, 6.45) is 21.6. The summed E-state index contributed by atoms with van der Waals surface area (Å²) in [4.78, 5) is 4.31. The van der Waals surface area contributed by atoms with Crippen LogP contribution in [0.4, 0.5) is 0 Å². The van der Waals surface area contributed by atoms with E-state index in [-0.39, 0.29) is 5.91 Å². The number of pyridine rings is 1. The van der Waals surface area contributed by atoms with Gasteiger partial charge in [-0.1, -0.05) is 137 Å². The summed E-state index contributed by atoms with van der Waals surface area (Å²) in [5.74, 6) is 4.51. The third kappa shape index (κ3) is 13.7. The van der Waals surface area contributed by atoms with E-state index in [4.69, 9.17) is 13.9 Å². The van der Waals surface area contributed by atoms with Gasteiger partial charge in [-0.25, -0.2) is 4.98 Å². The fourth-order valence-electron chi connectivity index (χ4n) is 6.33. The Morgan fingerprint density at radius 2 is 1.45 bits per heavy atom. The fourth-order valence-corrected chi connectivity index (χ4v) is 8.28. The smallest absolute Gasteiger partial charge is 0.316 e. The zero-order chi connectivity index (χ0) is 31.6. The minimum Gasteiger partial charge on any atom is -0.528 e. The van der Waals surface area contributed by atoms with Gasteiger partial charge in [0.25, 0.3) is 0 Å². The number of aromatic nitrogens is 1. The van der Waals surface area contributed by atoms with Gasteiger partial charge >= 0.3 is 9.76 Å². The maximum Gasteiger partial charge on any atom is 0.316 e. The topological polar surface area (TPSA) is 40.6 Å². The Labute approximate surface area is 275 Å². The number of hydrogen-bond acceptors (Lipinski definition) is 4. The Hall–Kier alpha value is -1.80. The molecule has 1 aromatic heterocycles. The summed E-state index contributed by atoms with van der Waals surface area (Å²) < 4.78 is 18.7. The number of unbranched alkanes of at least 4 members (excludes halogenated alkanes) is 6. The highest BCUT2D eigenvalue weighted by Gasteiger charge is 2.29. The van der Waals surface area contributed by atoms with Crippen molar-refractivity contribution in [2.75, 3.05) is 0 Å². The second-order valence-corrected chi connectivity index (χ2v) is 16.7. The summed E-state index contributed by atoms with van der Waals surface area (Å²) in [6.45, 7) is 14.1. The van der Waals surface area contributed by atoms with Crippen LogP contribution in [-0.4, -0.2) is 30.2 Å². The monoisotopic (exact) mass is 635 g/mol. The second-order valence-electron chi connectivity index (χ2n) is 13.5. The summed E-state index contributed by atoms with van der Waals surface area (Å²) >= 11 is 0. The molecule has 0 amide bonds. The Morgan fingerprint density at radius 3 is 2.18 bits per heavy atom. The minimum absolute atomic E-state index is 0.125. The van der Waals surface area contributed by atoms with Crippen LogP contribution in [0.1, 0.15) is 149 Å². The van der Waals surface area contributed by atoms with Gasteiger partial charge in [-0.15, -0.1) is 0 Å². The molecule has 4 nitrogen and oxygen atoms in total. The van der Waals surface area contributed by atoms with Crippen molar-refractivity contribution in [1.82, 2.24) is 4.98 Å². The molecule has 1 aromatic carbocycles. The fraction of sp³-hybridized carbons (Fsp3) is 0.711. The van der Waals surface area contributed by atoms with E-state index < -0.39 is 0 Å². The van der Waals surface area contributed by atoms with Crippen molar-refractivity contribution in [2.24, 2.45) is 11.8 Å². The van der Waals surface area contributed by atoms with Crippen molar-refractivity contribution in [3.8, 4) is 17.4 Å². The molecule has 2 heterocycles. The number of hydrogen-bond donors (Lipinski definition) is 0. The number of ether oxygens (including phenoxy) is 2. The third-order valence-corrected chi connectivity index (χ3v) is 11.7. The van der Waals surface area contributed by atoms with Gasteiger partial charge in [0.2, 0.25) is 5.91 Å². The molecule has 1 aliphatic rings. The van der Waals surface area contributed by atoms with E-state index in [9.17, 15) is 0 Å². The quantitative estimate of drug-likeness (QED) is 0.0850. The number of fused-ring (bicyclic) bond motifs is 1. The number of benzene rings is 1. The van der Waals surface area contributed by atoms with Gasteiger partial charge in [-0.05, 0) is 71.5 Å². The highest BCUT2D eigenvalue weighted by Crippen LogP contribution is 2.41. The van der Waals surface area contributed by atoms with Gasteiger partial charge < -0.3 is 13.9 Å². The molecular weight excluding hydrogens is 575 g/mol. The molecule has 0 saturated heterocycles. The molecule has 44 heavy (non-hydrogen) atoms. The first kappa shape index (κ1) is 36.7. The lowest BCUT2D eigenvalue weighted by molar-refractivity contribution is 0.122. The van der Waals surface area contributed by atoms with Crippen molar-refractivity contribution in [3.63, 3.8) is 0 Å². The molecule has 0 saturated carbocycles.